The van der Waals surface area contributed by atoms with Gasteiger partial charge in [-0.1, -0.05) is 78.9 Å². The first-order chi connectivity index (χ1) is 31.9. The molecule has 0 saturated heterocycles. The Bertz CT molecular complexity index is 2570. The molecule has 1 aliphatic carbocycles. The van der Waals surface area contributed by atoms with E-state index < -0.39 is 71.9 Å². The molecule has 0 bridgehead atoms. The number of carbonyl (C=O) groups excluding carboxylic acids is 5. The van der Waals surface area contributed by atoms with Crippen LogP contribution < -0.4 is 32.7 Å². The Hall–Kier alpha value is -7.89. The van der Waals surface area contributed by atoms with Crippen molar-refractivity contribution >= 4 is 52.6 Å². The predicted molar refractivity (Wildman–Crippen MR) is 250 cm³/mol. The lowest BCUT2D eigenvalue weighted by molar-refractivity contribution is -0.158. The van der Waals surface area contributed by atoms with Crippen LogP contribution in [0, 0.1) is 0 Å². The minimum absolute atomic E-state index is 0.0249. The number of nitrogens with two attached hydrogens (primary N) is 2. The summed E-state index contributed by atoms with van der Waals surface area (Å²) < 4.78 is 11.4. The Morgan fingerprint density at radius 3 is 1.96 bits per heavy atom. The van der Waals surface area contributed by atoms with E-state index in [1.807, 2.05) is 72.8 Å². The number of ether oxygens (including phenoxy) is 2. The number of aromatic amines is 1. The highest BCUT2D eigenvalue weighted by Crippen LogP contribution is 2.44. The van der Waals surface area contributed by atoms with Gasteiger partial charge in [0.25, 0.3) is 0 Å². The molecule has 1 aliphatic rings. The number of phenols is 1. The number of aliphatic carboxylic acids is 1. The van der Waals surface area contributed by atoms with E-state index in [4.69, 9.17) is 20.9 Å². The van der Waals surface area contributed by atoms with Gasteiger partial charge in [-0.3, -0.25) is 24.2 Å². The van der Waals surface area contributed by atoms with Crippen molar-refractivity contribution < 1.29 is 48.5 Å². The number of alkyl carbamates (subject to hydrolysis) is 1. The fraction of sp³-hybridized carbons (Fsp3) is 0.327. The molecule has 4 aromatic carbocycles. The predicted octanol–water partition coefficient (Wildman–Crippen LogP) is 3.89. The van der Waals surface area contributed by atoms with E-state index in [-0.39, 0.29) is 56.5 Å². The zero-order valence-corrected chi connectivity index (χ0v) is 37.4. The second-order valence-corrected chi connectivity index (χ2v) is 17.2. The van der Waals surface area contributed by atoms with E-state index in [1.54, 1.807) is 39.1 Å². The molecule has 0 radical (unpaired) electrons. The molecular formula is C49H56N8O10. The van der Waals surface area contributed by atoms with Gasteiger partial charge >= 0.3 is 18.0 Å². The summed E-state index contributed by atoms with van der Waals surface area (Å²) in [4.78, 5) is 88.9. The molecular weight excluding hydrogens is 861 g/mol. The number of amides is 4. The van der Waals surface area contributed by atoms with Crippen LogP contribution in [0.4, 0.5) is 4.79 Å². The molecule has 4 atom stereocenters. The molecule has 352 valence electrons. The average molecular weight is 917 g/mol. The first-order valence-electron chi connectivity index (χ1n) is 21.8. The quantitative estimate of drug-likeness (QED) is 0.0233. The number of para-hydroxylation sites is 1. The van der Waals surface area contributed by atoms with Crippen LogP contribution >= 0.6 is 0 Å². The van der Waals surface area contributed by atoms with Gasteiger partial charge in [-0.15, -0.1) is 0 Å². The van der Waals surface area contributed by atoms with Crippen LogP contribution in [0.1, 0.15) is 68.2 Å². The largest absolute Gasteiger partial charge is 0.508 e. The molecule has 18 heteroatoms. The Balaban J connectivity index is 1.22. The van der Waals surface area contributed by atoms with Crippen molar-refractivity contribution in [3.05, 3.63) is 126 Å². The molecule has 67 heavy (non-hydrogen) atoms. The van der Waals surface area contributed by atoms with E-state index >= 15 is 0 Å². The molecule has 1 heterocycles. The minimum atomic E-state index is -1.74. The summed E-state index contributed by atoms with van der Waals surface area (Å²) in [6.45, 7) is 4.92. The Morgan fingerprint density at radius 1 is 0.731 bits per heavy atom. The second kappa shape index (κ2) is 21.9. The molecule has 11 N–H and O–H groups in total. The number of phenolic OH excluding ortho intramolecular Hbond substituents is 1. The number of hydrogen-bond donors (Lipinski definition) is 9. The average Bonchev–Trinajstić information content (AvgIpc) is 3.84. The number of fused-ring (bicyclic) bond motifs is 4. The first kappa shape index (κ1) is 48.6. The zero-order valence-electron chi connectivity index (χ0n) is 37.4. The third-order valence-electron chi connectivity index (χ3n) is 11.0. The molecule has 6 rings (SSSR count). The summed E-state index contributed by atoms with van der Waals surface area (Å²) >= 11 is 0. The summed E-state index contributed by atoms with van der Waals surface area (Å²) in [6, 6.07) is 23.2. The molecule has 18 nitrogen and oxygen atoms in total. The van der Waals surface area contributed by atoms with Crippen molar-refractivity contribution in [2.24, 2.45) is 16.5 Å². The molecule has 0 fully saturated rings. The maximum Gasteiger partial charge on any atom is 0.407 e. The number of H-pyrrole nitrogens is 1. The van der Waals surface area contributed by atoms with Gasteiger partial charge in [0.1, 0.15) is 42.1 Å². The Kier molecular flexibility index (Phi) is 15.8. The van der Waals surface area contributed by atoms with Gasteiger partial charge in [0.15, 0.2) is 5.96 Å². The number of aromatic nitrogens is 1. The number of hydrogen-bond acceptors (Lipinski definition) is 10. The number of esters is 1. The minimum Gasteiger partial charge on any atom is -0.508 e. The van der Waals surface area contributed by atoms with Crippen LogP contribution in [0.5, 0.6) is 5.75 Å². The van der Waals surface area contributed by atoms with Crippen molar-refractivity contribution in [2.75, 3.05) is 13.2 Å². The molecule has 0 spiro atoms. The van der Waals surface area contributed by atoms with E-state index in [0.717, 1.165) is 33.2 Å². The van der Waals surface area contributed by atoms with Crippen LogP contribution in [-0.4, -0.2) is 99.8 Å². The van der Waals surface area contributed by atoms with Gasteiger partial charge < -0.3 is 57.4 Å². The number of benzene rings is 4. The van der Waals surface area contributed by atoms with E-state index in [0.29, 0.717) is 11.1 Å². The van der Waals surface area contributed by atoms with Crippen molar-refractivity contribution in [1.29, 1.82) is 0 Å². The van der Waals surface area contributed by atoms with E-state index in [9.17, 15) is 39.0 Å². The summed E-state index contributed by atoms with van der Waals surface area (Å²) in [6.07, 6.45) is -0.176. The number of carboxylic acids is 1. The SMILES string of the molecule is CC(C)(C)OC(=O)[C@H](Cc1ccc(O)cc1)NC(=O)[C@H](CC(=O)O)NC(=O)[C@H](CCCN=C(N)N)NC(=O)[C@H](Cc1c[nH]c2ccccc12)NC(=O)OCC1c2ccccc2-c2ccccc21. The Morgan fingerprint density at radius 2 is 1.31 bits per heavy atom. The number of rotatable bonds is 20. The van der Waals surface area contributed by atoms with Gasteiger partial charge in [-0.05, 0) is 85.2 Å². The number of aliphatic imine (C=N–C) groups is 1. The van der Waals surface area contributed by atoms with Gasteiger partial charge in [0.2, 0.25) is 17.7 Å². The fourth-order valence-corrected chi connectivity index (χ4v) is 7.92. The number of nitrogens with one attached hydrogen (secondary N) is 5. The van der Waals surface area contributed by atoms with E-state index in [1.165, 1.54) is 12.1 Å². The third-order valence-corrected chi connectivity index (χ3v) is 11.0. The normalized spacial score (nSPS) is 13.7. The highest BCUT2D eigenvalue weighted by Gasteiger charge is 2.35. The van der Waals surface area contributed by atoms with Crippen LogP contribution in [0.15, 0.2) is 108 Å². The monoisotopic (exact) mass is 916 g/mol. The highest BCUT2D eigenvalue weighted by molar-refractivity contribution is 5.96. The van der Waals surface area contributed by atoms with Crippen LogP contribution in [0.3, 0.4) is 0 Å². The topological polar surface area (TPSA) is 290 Å². The standard InChI is InChI=1S/C49H56N8O10/c1-49(2,3)67-46(64)41(23-28-18-20-30(58)21-19-28)56-45(63)40(25-42(59)60)55-43(61)38(17-10-22-52-47(50)51)54-44(62)39(24-29-26-53-37-16-9-8-11-31(29)37)57-48(65)66-27-36-34-14-6-4-12-32(34)33-13-5-7-15-35(33)36/h4-9,11-16,18-21,26,36,38-41,53,58H,10,17,22-25,27H2,1-3H3,(H,54,62)(H,55,61)(H,56,63)(H,57,65)(H,59,60)(H4,50,51,52)/t38-,39-,40-,41-/m0/s1. The van der Waals surface area contributed by atoms with Crippen LogP contribution in [0.2, 0.25) is 0 Å². The molecule has 4 amide bonds. The number of carbonyl (C=O) groups is 6. The number of carboxylic acid groups (broad SMARTS) is 1. The van der Waals surface area contributed by atoms with Gasteiger partial charge in [-0.2, -0.15) is 0 Å². The molecule has 0 unspecified atom stereocenters. The third kappa shape index (κ3) is 13.3. The summed E-state index contributed by atoms with van der Waals surface area (Å²) in [7, 11) is 0. The van der Waals surface area contributed by atoms with Crippen molar-refractivity contribution in [3.8, 4) is 16.9 Å². The lowest BCUT2D eigenvalue weighted by atomic mass is 9.98. The molecule has 0 saturated carbocycles. The summed E-state index contributed by atoms with van der Waals surface area (Å²) in [5, 5.41) is 30.8. The highest BCUT2D eigenvalue weighted by atomic mass is 16.6. The lowest BCUT2D eigenvalue weighted by Crippen LogP contribution is -2.58. The lowest BCUT2D eigenvalue weighted by Gasteiger charge is -2.27. The van der Waals surface area contributed by atoms with Gasteiger partial charge in [0, 0.05) is 42.4 Å². The van der Waals surface area contributed by atoms with Crippen molar-refractivity contribution in [1.82, 2.24) is 26.3 Å². The first-order valence-corrected chi connectivity index (χ1v) is 21.8. The maximum atomic E-state index is 14.4. The van der Waals surface area contributed by atoms with E-state index in [2.05, 4.69) is 31.2 Å². The van der Waals surface area contributed by atoms with Crippen LogP contribution in [-0.2, 0) is 46.3 Å². The maximum absolute atomic E-state index is 14.4. The van der Waals surface area contributed by atoms with Crippen LogP contribution in [0.25, 0.3) is 22.0 Å². The summed E-state index contributed by atoms with van der Waals surface area (Å²) in [5.41, 5.74) is 16.1. The number of aromatic hydroxyl groups is 1. The molecule has 5 aromatic rings. The van der Waals surface area contributed by atoms with Gasteiger partial charge in [-0.25, -0.2) is 9.59 Å². The van der Waals surface area contributed by atoms with Crippen molar-refractivity contribution in [3.63, 3.8) is 0 Å². The van der Waals surface area contributed by atoms with Gasteiger partial charge in [0.05, 0.1) is 6.42 Å². The number of nitrogens with zero attached hydrogens (tertiary/aromatic N) is 1. The van der Waals surface area contributed by atoms with Crippen molar-refractivity contribution in [2.45, 2.75) is 88.6 Å². The summed E-state index contributed by atoms with van der Waals surface area (Å²) in [5.74, 6) is -5.54. The number of guanidine groups is 1. The Labute approximate surface area is 386 Å². The fourth-order valence-electron chi connectivity index (χ4n) is 7.92. The zero-order chi connectivity index (χ0) is 48.3. The smallest absolute Gasteiger partial charge is 0.407 e. The molecule has 0 aliphatic heterocycles. The second-order valence-electron chi connectivity index (χ2n) is 17.2. The molecule has 1 aromatic heterocycles.